The zero-order chi connectivity index (χ0) is 31.1. The van der Waals surface area contributed by atoms with Gasteiger partial charge < -0.3 is 40.3 Å². The lowest BCUT2D eigenvalue weighted by Gasteiger charge is -2.19. The number of thiocyanates is 1. The summed E-state index contributed by atoms with van der Waals surface area (Å²) < 4.78 is 52.9. The average molecular weight is 695 g/mol. The number of nitrogens with two attached hydrogens (primary N) is 1. The highest BCUT2D eigenvalue weighted by Crippen LogP contribution is 2.66. The number of nitrogen functional groups attached to an aromatic ring is 1. The molecule has 0 radical (unpaired) electrons. The number of aliphatic hydroxyl groups excluding tert-OH is 2. The first-order chi connectivity index (χ1) is 19.6. The van der Waals surface area contributed by atoms with Crippen molar-refractivity contribution in [1.82, 2.24) is 19.5 Å². The minimum absolute atomic E-state index is 0.0634. The maximum atomic E-state index is 12.0. The number of anilines is 1. The van der Waals surface area contributed by atoms with Gasteiger partial charge in [-0.2, -0.15) is 13.9 Å². The lowest BCUT2D eigenvalue weighted by atomic mass is 10.1. The summed E-state index contributed by atoms with van der Waals surface area (Å²) in [6, 6.07) is 0. The fourth-order valence-electron chi connectivity index (χ4n) is 3.75. The fraction of sp³-hybridized carbons (Fsp3) is 0.667. The third-order valence-electron chi connectivity index (χ3n) is 5.54. The van der Waals surface area contributed by atoms with Crippen LogP contribution in [0.25, 0.3) is 11.2 Å². The van der Waals surface area contributed by atoms with Gasteiger partial charge >= 0.3 is 23.5 Å². The van der Waals surface area contributed by atoms with E-state index in [1.165, 1.54) is 34.4 Å². The molecule has 1 aliphatic rings. The molecule has 6 atom stereocenters. The first-order valence-electron chi connectivity index (χ1n) is 12.1. The molecule has 0 saturated carbocycles. The van der Waals surface area contributed by atoms with Crippen LogP contribution in [0, 0.1) is 10.7 Å². The number of fused-ring (bicyclic) bond motifs is 1. The molecule has 19 nitrogen and oxygen atoms in total. The van der Waals surface area contributed by atoms with Gasteiger partial charge in [0.1, 0.15) is 29.2 Å². The summed E-state index contributed by atoms with van der Waals surface area (Å²) in [6.45, 7) is -0.972. The van der Waals surface area contributed by atoms with Gasteiger partial charge in [-0.1, -0.05) is 31.0 Å². The minimum Gasteiger partial charge on any atom is -0.387 e. The van der Waals surface area contributed by atoms with Crippen LogP contribution in [0.2, 0.25) is 0 Å². The second-order valence-electron chi connectivity index (χ2n) is 8.70. The highest BCUT2D eigenvalue weighted by Gasteiger charge is 2.47. The van der Waals surface area contributed by atoms with Crippen molar-refractivity contribution in [3.63, 3.8) is 0 Å². The van der Waals surface area contributed by atoms with Crippen molar-refractivity contribution in [3.05, 3.63) is 6.33 Å². The Morgan fingerprint density at radius 3 is 2.33 bits per heavy atom. The molecule has 42 heavy (non-hydrogen) atoms. The average Bonchev–Trinajstić information content (AvgIpc) is 3.40. The molecule has 0 aromatic carbocycles. The maximum Gasteiger partial charge on any atom is 0.490 e. The molecule has 8 N–H and O–H groups in total. The van der Waals surface area contributed by atoms with E-state index in [2.05, 4.69) is 28.1 Å². The molecular weight excluding hydrogens is 665 g/mol. The number of hydrogen-bond acceptors (Lipinski definition) is 16. The molecular formula is C18H29N6O13P3S2. The number of rotatable bonds is 17. The highest BCUT2D eigenvalue weighted by molar-refractivity contribution is 8.03. The van der Waals surface area contributed by atoms with Crippen molar-refractivity contribution >= 4 is 64.0 Å². The van der Waals surface area contributed by atoms with Crippen molar-refractivity contribution < 1.29 is 61.4 Å². The topological polar surface area (TPSA) is 303 Å². The number of aliphatic hydroxyl groups is 2. The van der Waals surface area contributed by atoms with E-state index >= 15 is 0 Å². The molecule has 0 spiro atoms. The van der Waals surface area contributed by atoms with E-state index in [-0.39, 0.29) is 17.0 Å². The van der Waals surface area contributed by atoms with E-state index < -0.39 is 54.6 Å². The van der Waals surface area contributed by atoms with Crippen LogP contribution in [0.1, 0.15) is 38.3 Å². The Balaban J connectivity index is 1.61. The molecule has 0 aliphatic carbocycles. The SMILES string of the molecule is N#CSCCCCCCCSc1nc(N)c2ncn(C3O[C@H](COP(=O)(O)OP(=O)(O)OP(=O)(O)O)[C@@H](O)[C@H]3O)c2n1. The molecule has 2 aromatic heterocycles. The molecule has 236 valence electrons. The first-order valence-corrected chi connectivity index (χ1v) is 18.6. The number of unbranched alkanes of at least 4 members (excludes halogenated alkanes) is 4. The zero-order valence-corrected chi connectivity index (χ0v) is 25.9. The summed E-state index contributed by atoms with van der Waals surface area (Å²) in [5.41, 5.74) is 6.40. The van der Waals surface area contributed by atoms with Gasteiger partial charge in [0.15, 0.2) is 22.8 Å². The number of aromatic nitrogens is 4. The van der Waals surface area contributed by atoms with Crippen LogP contribution < -0.4 is 5.73 Å². The van der Waals surface area contributed by atoms with Crippen LogP contribution >= 0.6 is 47.0 Å². The number of nitrogens with zero attached hydrogens (tertiary/aromatic N) is 5. The largest absolute Gasteiger partial charge is 0.490 e. The summed E-state index contributed by atoms with van der Waals surface area (Å²) in [4.78, 5) is 48.9. The molecule has 24 heteroatoms. The Labute approximate surface area is 247 Å². The number of ether oxygens (including phenoxy) is 1. The predicted octanol–water partition coefficient (Wildman–Crippen LogP) is 1.63. The van der Waals surface area contributed by atoms with Crippen LogP contribution in [0.4, 0.5) is 5.82 Å². The van der Waals surface area contributed by atoms with Gasteiger partial charge in [0.05, 0.1) is 12.9 Å². The molecule has 0 bridgehead atoms. The van der Waals surface area contributed by atoms with E-state index in [4.69, 9.17) is 25.5 Å². The molecule has 1 fully saturated rings. The van der Waals surface area contributed by atoms with E-state index in [1.807, 2.05) is 5.40 Å². The highest BCUT2D eigenvalue weighted by atomic mass is 32.2. The zero-order valence-electron chi connectivity index (χ0n) is 21.6. The van der Waals surface area contributed by atoms with Gasteiger partial charge in [0.2, 0.25) is 0 Å². The second kappa shape index (κ2) is 15.2. The Hall–Kier alpha value is -1.17. The van der Waals surface area contributed by atoms with Crippen molar-refractivity contribution in [1.29, 1.82) is 5.26 Å². The number of thioether (sulfide) groups is 2. The summed E-state index contributed by atoms with van der Waals surface area (Å²) in [5, 5.41) is 31.9. The number of phosphoric acid groups is 3. The Bertz CT molecular complexity index is 1410. The van der Waals surface area contributed by atoms with Gasteiger partial charge in [-0.15, -0.1) is 0 Å². The number of nitriles is 1. The van der Waals surface area contributed by atoms with Gasteiger partial charge in [-0.25, -0.2) is 28.6 Å². The molecule has 3 rings (SSSR count). The molecule has 0 amide bonds. The smallest absolute Gasteiger partial charge is 0.387 e. The summed E-state index contributed by atoms with van der Waals surface area (Å²) >= 11 is 2.60. The van der Waals surface area contributed by atoms with Gasteiger partial charge in [0, 0.05) is 11.5 Å². The summed E-state index contributed by atoms with van der Waals surface area (Å²) in [5.74, 6) is 1.58. The summed E-state index contributed by atoms with van der Waals surface area (Å²) in [7, 11) is -16.8. The number of phosphoric ester groups is 1. The van der Waals surface area contributed by atoms with Crippen molar-refractivity contribution in [3.8, 4) is 5.40 Å². The molecule has 3 heterocycles. The van der Waals surface area contributed by atoms with Gasteiger partial charge in [-0.05, 0) is 24.6 Å². The van der Waals surface area contributed by atoms with Gasteiger partial charge in [-0.3, -0.25) is 9.09 Å². The standard InChI is InChI=1S/C18H29N6O13P3S2/c19-9-41-6-4-2-1-3-5-7-42-18-22-15(20)12-16(23-18)24(10-21-12)17-14(26)13(25)11(35-17)8-34-39(30,31)37-40(32,33)36-38(27,28)29/h10-11,13-14,17,25-26H,1-8H2,(H,30,31)(H,32,33)(H2,20,22,23)(H2,27,28,29)/t11-,13-,14-,17?/m1/s1. The lowest BCUT2D eigenvalue weighted by Crippen LogP contribution is -2.33. The van der Waals surface area contributed by atoms with Crippen LogP contribution in [-0.4, -0.2) is 85.7 Å². The van der Waals surface area contributed by atoms with Crippen molar-refractivity contribution in [2.24, 2.45) is 0 Å². The third-order valence-corrected chi connectivity index (χ3v) is 10.9. The fourth-order valence-corrected chi connectivity index (χ4v) is 8.07. The molecule has 1 saturated heterocycles. The maximum absolute atomic E-state index is 12.0. The Kier molecular flexibility index (Phi) is 12.8. The van der Waals surface area contributed by atoms with E-state index in [1.54, 1.807) is 0 Å². The van der Waals surface area contributed by atoms with E-state index in [0.717, 1.165) is 37.9 Å². The molecule has 2 aromatic rings. The monoisotopic (exact) mass is 694 g/mol. The number of imidazole rings is 1. The van der Waals surface area contributed by atoms with Crippen molar-refractivity contribution in [2.45, 2.75) is 61.8 Å². The van der Waals surface area contributed by atoms with Crippen LogP contribution in [0.3, 0.4) is 0 Å². The van der Waals surface area contributed by atoms with Crippen LogP contribution in [0.15, 0.2) is 11.5 Å². The minimum atomic E-state index is -5.74. The Morgan fingerprint density at radius 2 is 1.67 bits per heavy atom. The molecule has 1 aliphatic heterocycles. The van der Waals surface area contributed by atoms with Crippen molar-refractivity contribution in [2.75, 3.05) is 23.8 Å². The van der Waals surface area contributed by atoms with E-state index in [9.17, 15) is 33.7 Å². The van der Waals surface area contributed by atoms with Crippen LogP contribution in [0.5, 0.6) is 0 Å². The first kappa shape index (κ1) is 35.3. The third kappa shape index (κ3) is 10.5. The van der Waals surface area contributed by atoms with Gasteiger partial charge in [0.25, 0.3) is 0 Å². The Morgan fingerprint density at radius 1 is 1.00 bits per heavy atom. The molecule has 3 unspecified atom stereocenters. The quantitative estimate of drug-likeness (QED) is 0.0407. The summed E-state index contributed by atoms with van der Waals surface area (Å²) in [6.07, 6.45) is 0.0166. The van der Waals surface area contributed by atoms with E-state index in [0.29, 0.717) is 10.9 Å². The van der Waals surface area contributed by atoms with Crippen LogP contribution in [-0.2, 0) is 31.6 Å². The lowest BCUT2D eigenvalue weighted by molar-refractivity contribution is -0.0503. The second-order valence-corrected chi connectivity index (χ2v) is 15.1. The normalized spacial score (nSPS) is 23.9. The predicted molar refractivity (Wildman–Crippen MR) is 147 cm³/mol. The number of hydrogen-bond donors (Lipinski definition) is 7.